The minimum atomic E-state index is -0.249. The fourth-order valence-electron chi connectivity index (χ4n) is 4.74. The van der Waals surface area contributed by atoms with E-state index in [-0.39, 0.29) is 17.8 Å². The second-order valence-corrected chi connectivity index (χ2v) is 8.72. The Kier molecular flexibility index (Phi) is 5.47. The van der Waals surface area contributed by atoms with Crippen LogP contribution in [-0.4, -0.2) is 43.1 Å². The molecule has 1 amide bonds. The number of hydrogen-bond donors (Lipinski definition) is 1. The number of H-pyrrole nitrogens is 1. The maximum Gasteiger partial charge on any atom is 0.223 e. The van der Waals surface area contributed by atoms with Crippen LogP contribution in [0.2, 0.25) is 0 Å². The second-order valence-electron chi connectivity index (χ2n) is 8.72. The fraction of sp³-hybridized carbons (Fsp3) is 0.320. The lowest BCUT2D eigenvalue weighted by Gasteiger charge is -2.21. The Morgan fingerprint density at radius 3 is 2.81 bits per heavy atom. The number of halogens is 1. The number of nitrogens with one attached hydrogen (secondary N) is 1. The molecule has 5 rings (SSSR count). The maximum absolute atomic E-state index is 13.1. The molecule has 1 aliphatic rings. The first-order valence-electron chi connectivity index (χ1n) is 11.0. The van der Waals surface area contributed by atoms with Gasteiger partial charge >= 0.3 is 0 Å². The highest BCUT2D eigenvalue weighted by Crippen LogP contribution is 2.28. The van der Waals surface area contributed by atoms with Crippen LogP contribution in [0, 0.1) is 11.7 Å². The van der Waals surface area contributed by atoms with E-state index in [9.17, 15) is 9.18 Å². The number of aromatic nitrogens is 4. The van der Waals surface area contributed by atoms with Crippen molar-refractivity contribution in [2.45, 2.75) is 38.8 Å². The van der Waals surface area contributed by atoms with Gasteiger partial charge in [-0.2, -0.15) is 5.10 Å². The van der Waals surface area contributed by atoms with Crippen LogP contribution in [0.15, 0.2) is 61.2 Å². The molecule has 2 atom stereocenters. The summed E-state index contributed by atoms with van der Waals surface area (Å²) in [5.74, 6) is 0.316. The molecule has 0 spiro atoms. The average molecular weight is 432 g/mol. The first-order chi connectivity index (χ1) is 15.6. The van der Waals surface area contributed by atoms with Gasteiger partial charge in [-0.05, 0) is 55.5 Å². The first-order valence-corrected chi connectivity index (χ1v) is 11.0. The van der Waals surface area contributed by atoms with Crippen molar-refractivity contribution in [2.75, 3.05) is 6.54 Å². The molecule has 1 saturated heterocycles. The summed E-state index contributed by atoms with van der Waals surface area (Å²) in [6, 6.07) is 10.8. The number of nitrogens with zero attached hydrogens (tertiary/aromatic N) is 4. The van der Waals surface area contributed by atoms with Crippen molar-refractivity contribution in [1.82, 2.24) is 24.6 Å². The number of fused-ring (bicyclic) bond motifs is 1. The van der Waals surface area contributed by atoms with Gasteiger partial charge in [0.05, 0.1) is 6.20 Å². The minimum absolute atomic E-state index is 0.171. The van der Waals surface area contributed by atoms with Crippen LogP contribution in [0.5, 0.6) is 0 Å². The molecule has 6 nitrogen and oxygen atoms in total. The van der Waals surface area contributed by atoms with E-state index in [0.29, 0.717) is 18.8 Å². The molecule has 0 unspecified atom stereocenters. The van der Waals surface area contributed by atoms with Crippen LogP contribution < -0.4 is 0 Å². The lowest BCUT2D eigenvalue weighted by Crippen LogP contribution is -2.34. The summed E-state index contributed by atoms with van der Waals surface area (Å²) in [6.45, 7) is 3.73. The fourth-order valence-corrected chi connectivity index (χ4v) is 4.74. The van der Waals surface area contributed by atoms with E-state index in [1.807, 2.05) is 17.3 Å². The van der Waals surface area contributed by atoms with Gasteiger partial charge in [0.2, 0.25) is 5.91 Å². The van der Waals surface area contributed by atoms with E-state index in [4.69, 9.17) is 4.98 Å². The predicted octanol–water partition coefficient (Wildman–Crippen LogP) is 4.44. The normalized spacial score (nSPS) is 18.5. The van der Waals surface area contributed by atoms with Gasteiger partial charge in [-0.15, -0.1) is 0 Å². The molecule has 0 bridgehead atoms. The van der Waals surface area contributed by atoms with Gasteiger partial charge in [0.15, 0.2) is 0 Å². The topological polar surface area (TPSA) is 66.8 Å². The largest absolute Gasteiger partial charge is 0.340 e. The molecule has 1 aromatic carbocycles. The molecule has 32 heavy (non-hydrogen) atoms. The Hall–Kier alpha value is -3.48. The van der Waals surface area contributed by atoms with Gasteiger partial charge < -0.3 is 9.47 Å². The third kappa shape index (κ3) is 4.15. The highest BCUT2D eigenvalue weighted by atomic mass is 19.1. The Morgan fingerprint density at radius 2 is 2.03 bits per heavy atom. The Bertz CT molecular complexity index is 1220. The van der Waals surface area contributed by atoms with E-state index in [0.717, 1.165) is 47.2 Å². The third-order valence-corrected chi connectivity index (χ3v) is 6.41. The Morgan fingerprint density at radius 1 is 1.19 bits per heavy atom. The minimum Gasteiger partial charge on any atom is -0.340 e. The molecule has 0 saturated carbocycles. The van der Waals surface area contributed by atoms with Crippen LogP contribution in [0.25, 0.3) is 22.2 Å². The molecule has 1 N–H and O–H groups in total. The molecule has 0 aliphatic carbocycles. The summed E-state index contributed by atoms with van der Waals surface area (Å²) in [4.78, 5) is 19.5. The monoisotopic (exact) mass is 431 g/mol. The molecule has 4 heterocycles. The van der Waals surface area contributed by atoms with Crippen LogP contribution in [0.1, 0.15) is 25.3 Å². The average Bonchev–Trinajstić information content (AvgIpc) is 3.54. The third-order valence-electron chi connectivity index (χ3n) is 6.41. The molecule has 7 heteroatoms. The summed E-state index contributed by atoms with van der Waals surface area (Å²) in [5, 5.41) is 7.95. The number of carbonyl (C=O) groups excluding carboxylic acids is 1. The van der Waals surface area contributed by atoms with Crippen molar-refractivity contribution < 1.29 is 9.18 Å². The van der Waals surface area contributed by atoms with Crippen LogP contribution in [0.4, 0.5) is 4.39 Å². The second kappa shape index (κ2) is 8.57. The van der Waals surface area contributed by atoms with Crippen LogP contribution in [-0.2, 0) is 17.8 Å². The quantitative estimate of drug-likeness (QED) is 0.491. The predicted molar refractivity (Wildman–Crippen MR) is 121 cm³/mol. The molecular formula is C25H26FN5O. The SMILES string of the molecule is C[C@@H]1C[C@@H](Cn2ccc3cc(-c4cn[nH]c4)cnc32)CN1C(=O)CCc1ccc(F)cc1. The lowest BCUT2D eigenvalue weighted by molar-refractivity contribution is -0.131. The van der Waals surface area contributed by atoms with E-state index < -0.39 is 0 Å². The molecule has 1 fully saturated rings. The molecule has 164 valence electrons. The van der Waals surface area contributed by atoms with Gasteiger partial charge in [-0.3, -0.25) is 9.89 Å². The number of amides is 1. The zero-order valence-corrected chi connectivity index (χ0v) is 18.0. The van der Waals surface area contributed by atoms with Gasteiger partial charge in [-0.1, -0.05) is 12.1 Å². The molecule has 1 aliphatic heterocycles. The van der Waals surface area contributed by atoms with Gasteiger partial charge in [0, 0.05) is 60.7 Å². The van der Waals surface area contributed by atoms with Crippen molar-refractivity contribution in [2.24, 2.45) is 5.92 Å². The summed E-state index contributed by atoms with van der Waals surface area (Å²) in [6.07, 6.45) is 9.69. The number of carbonyl (C=O) groups is 1. The van der Waals surface area contributed by atoms with E-state index in [1.165, 1.54) is 12.1 Å². The van der Waals surface area contributed by atoms with E-state index in [2.05, 4.69) is 40.0 Å². The summed E-state index contributed by atoms with van der Waals surface area (Å²) < 4.78 is 15.3. The number of hydrogen-bond acceptors (Lipinski definition) is 3. The summed E-state index contributed by atoms with van der Waals surface area (Å²) in [7, 11) is 0. The number of aromatic amines is 1. The Balaban J connectivity index is 1.22. The van der Waals surface area contributed by atoms with Gasteiger partial charge in [-0.25, -0.2) is 9.37 Å². The standard InChI is InChI=1S/C25H26FN5O/c1-17-10-19(16-31(17)24(32)7-4-18-2-5-23(26)6-3-18)15-30-9-8-20-11-21(12-27-25(20)30)22-13-28-29-14-22/h2-3,5-6,8-9,11-14,17,19H,4,7,10,15-16H2,1H3,(H,28,29)/t17-,19+/m1/s1. The Labute approximate surface area is 186 Å². The molecule has 4 aromatic rings. The van der Waals surface area contributed by atoms with Crippen LogP contribution >= 0.6 is 0 Å². The van der Waals surface area contributed by atoms with Gasteiger partial charge in [0.1, 0.15) is 11.5 Å². The van der Waals surface area contributed by atoms with Crippen molar-refractivity contribution in [3.63, 3.8) is 0 Å². The molecule has 3 aromatic heterocycles. The zero-order valence-electron chi connectivity index (χ0n) is 18.0. The smallest absolute Gasteiger partial charge is 0.223 e. The summed E-state index contributed by atoms with van der Waals surface area (Å²) in [5.41, 5.74) is 4.01. The maximum atomic E-state index is 13.1. The molecular weight excluding hydrogens is 405 g/mol. The van der Waals surface area contributed by atoms with Crippen molar-refractivity contribution in [3.05, 3.63) is 72.6 Å². The highest BCUT2D eigenvalue weighted by molar-refractivity contribution is 5.81. The first kappa shape index (κ1) is 20.4. The van der Waals surface area contributed by atoms with E-state index in [1.54, 1.807) is 18.3 Å². The van der Waals surface area contributed by atoms with Crippen molar-refractivity contribution >= 4 is 16.9 Å². The number of pyridine rings is 1. The number of rotatable bonds is 6. The van der Waals surface area contributed by atoms with Crippen molar-refractivity contribution in [3.8, 4) is 11.1 Å². The number of aryl methyl sites for hydroxylation is 1. The van der Waals surface area contributed by atoms with E-state index >= 15 is 0 Å². The number of benzene rings is 1. The van der Waals surface area contributed by atoms with Crippen molar-refractivity contribution in [1.29, 1.82) is 0 Å². The zero-order chi connectivity index (χ0) is 22.1. The van der Waals surface area contributed by atoms with Crippen LogP contribution in [0.3, 0.4) is 0 Å². The number of likely N-dealkylation sites (tertiary alicyclic amines) is 1. The van der Waals surface area contributed by atoms with Gasteiger partial charge in [0.25, 0.3) is 0 Å². The lowest BCUT2D eigenvalue weighted by atomic mass is 10.1. The highest BCUT2D eigenvalue weighted by Gasteiger charge is 2.32. The summed E-state index contributed by atoms with van der Waals surface area (Å²) >= 11 is 0. The molecule has 0 radical (unpaired) electrons.